The maximum absolute atomic E-state index is 12.4. The lowest BCUT2D eigenvalue weighted by molar-refractivity contribution is -0.150. The van der Waals surface area contributed by atoms with Crippen LogP contribution in [0.15, 0.2) is 18.2 Å². The molecule has 0 N–H and O–H groups in total. The van der Waals surface area contributed by atoms with E-state index < -0.39 is 5.97 Å². The van der Waals surface area contributed by atoms with E-state index in [0.29, 0.717) is 22.1 Å². The van der Waals surface area contributed by atoms with Crippen molar-refractivity contribution in [1.82, 2.24) is 4.90 Å². The van der Waals surface area contributed by atoms with Crippen molar-refractivity contribution < 1.29 is 23.8 Å². The highest BCUT2D eigenvalue weighted by Gasteiger charge is 2.25. The third-order valence-corrected chi connectivity index (χ3v) is 5.05. The number of amides is 1. The number of rotatable bonds is 8. The summed E-state index contributed by atoms with van der Waals surface area (Å²) in [5.41, 5.74) is 0.660. The molecule has 1 aliphatic rings. The first-order valence-corrected chi connectivity index (χ1v) is 10.4. The van der Waals surface area contributed by atoms with Gasteiger partial charge in [-0.05, 0) is 63.3 Å². The van der Waals surface area contributed by atoms with Gasteiger partial charge in [-0.3, -0.25) is 4.79 Å². The lowest BCUT2D eigenvalue weighted by atomic mass is 10.00. The molecule has 160 valence electrons. The molecular formula is C22H30ClNO5. The Hall–Kier alpha value is -2.21. The molecule has 6 nitrogen and oxygen atoms in total. The number of carbonyl (C=O) groups is 2. The number of nitrogens with zero attached hydrogens (tertiary/aromatic N) is 1. The Labute approximate surface area is 177 Å². The van der Waals surface area contributed by atoms with Gasteiger partial charge in [0.1, 0.15) is 0 Å². The standard InChI is InChI=1S/C22H30ClNO5/c1-5-17-8-6-7-11-24(17)20(25)14-28-21(26)10-9-16-12-18(23)22(29-15(2)3)19(13-16)27-4/h9-10,12-13,15,17H,5-8,11,14H2,1-4H3/b10-9+/t17-/m0/s1. The fourth-order valence-corrected chi connectivity index (χ4v) is 3.63. The summed E-state index contributed by atoms with van der Waals surface area (Å²) in [6, 6.07) is 3.64. The van der Waals surface area contributed by atoms with Crippen molar-refractivity contribution in [1.29, 1.82) is 0 Å². The molecule has 1 fully saturated rings. The number of hydrogen-bond donors (Lipinski definition) is 0. The Bertz CT molecular complexity index is 747. The number of halogens is 1. The van der Waals surface area contributed by atoms with Gasteiger partial charge < -0.3 is 19.1 Å². The van der Waals surface area contributed by atoms with Gasteiger partial charge in [-0.15, -0.1) is 0 Å². The molecule has 0 bridgehead atoms. The first-order valence-electron chi connectivity index (χ1n) is 10.0. The quantitative estimate of drug-likeness (QED) is 0.455. The van der Waals surface area contributed by atoms with Gasteiger partial charge in [0.15, 0.2) is 18.1 Å². The Balaban J connectivity index is 1.96. The van der Waals surface area contributed by atoms with Crippen molar-refractivity contribution in [2.75, 3.05) is 20.3 Å². The fraction of sp³-hybridized carbons (Fsp3) is 0.545. The van der Waals surface area contributed by atoms with Crippen LogP contribution in [0.4, 0.5) is 0 Å². The molecule has 0 aromatic heterocycles. The number of carbonyl (C=O) groups excluding carboxylic acids is 2. The van der Waals surface area contributed by atoms with Crippen molar-refractivity contribution in [2.24, 2.45) is 0 Å². The van der Waals surface area contributed by atoms with Crippen LogP contribution in [0.1, 0.15) is 52.0 Å². The van der Waals surface area contributed by atoms with E-state index in [1.54, 1.807) is 18.2 Å². The minimum Gasteiger partial charge on any atom is -0.493 e. The number of hydrogen-bond acceptors (Lipinski definition) is 5. The van der Waals surface area contributed by atoms with Gasteiger partial charge >= 0.3 is 5.97 Å². The smallest absolute Gasteiger partial charge is 0.331 e. The molecule has 0 radical (unpaired) electrons. The molecule has 2 rings (SSSR count). The summed E-state index contributed by atoms with van der Waals surface area (Å²) in [6.07, 6.45) is 6.84. The second kappa shape index (κ2) is 11.1. The van der Waals surface area contributed by atoms with Crippen LogP contribution in [0, 0.1) is 0 Å². The molecule has 0 saturated carbocycles. The molecule has 1 atom stereocenters. The molecule has 29 heavy (non-hydrogen) atoms. The fourth-order valence-electron chi connectivity index (χ4n) is 3.37. The van der Waals surface area contributed by atoms with Crippen LogP contribution in [0.3, 0.4) is 0 Å². The molecular weight excluding hydrogens is 394 g/mol. The topological polar surface area (TPSA) is 65.1 Å². The van der Waals surface area contributed by atoms with E-state index >= 15 is 0 Å². The first kappa shape index (κ1) is 23.1. The summed E-state index contributed by atoms with van der Waals surface area (Å²) in [5, 5.41) is 0.386. The Morgan fingerprint density at radius 2 is 2.07 bits per heavy atom. The van der Waals surface area contributed by atoms with Crippen molar-refractivity contribution in [3.63, 3.8) is 0 Å². The van der Waals surface area contributed by atoms with Crippen LogP contribution >= 0.6 is 11.6 Å². The van der Waals surface area contributed by atoms with Gasteiger partial charge in [-0.25, -0.2) is 4.79 Å². The van der Waals surface area contributed by atoms with E-state index in [0.717, 1.165) is 32.2 Å². The van der Waals surface area contributed by atoms with Gasteiger partial charge in [-0.1, -0.05) is 18.5 Å². The van der Waals surface area contributed by atoms with Gasteiger partial charge in [0.25, 0.3) is 5.91 Å². The average molecular weight is 424 g/mol. The number of benzene rings is 1. The summed E-state index contributed by atoms with van der Waals surface area (Å²) in [5.74, 6) is 0.214. The second-order valence-corrected chi connectivity index (χ2v) is 7.69. The number of esters is 1. The molecule has 1 aliphatic heterocycles. The SMILES string of the molecule is CC[C@H]1CCCCN1C(=O)COC(=O)/C=C/c1cc(Cl)c(OC(C)C)c(OC)c1. The molecule has 7 heteroatoms. The molecule has 1 amide bonds. The zero-order valence-electron chi connectivity index (χ0n) is 17.6. The minimum absolute atomic E-state index is 0.0532. The molecule has 1 saturated heterocycles. The average Bonchev–Trinajstić information content (AvgIpc) is 2.71. The maximum atomic E-state index is 12.4. The summed E-state index contributed by atoms with van der Waals surface area (Å²) in [4.78, 5) is 26.2. The van der Waals surface area contributed by atoms with Crippen LogP contribution in [0.25, 0.3) is 6.08 Å². The molecule has 0 aliphatic carbocycles. The Kier molecular flexibility index (Phi) is 8.83. The lowest BCUT2D eigenvalue weighted by Gasteiger charge is -2.35. The number of piperidine rings is 1. The molecule has 1 aromatic carbocycles. The summed E-state index contributed by atoms with van der Waals surface area (Å²) in [6.45, 7) is 6.35. The number of ether oxygens (including phenoxy) is 3. The minimum atomic E-state index is -0.582. The molecule has 1 heterocycles. The summed E-state index contributed by atoms with van der Waals surface area (Å²) in [7, 11) is 1.52. The van der Waals surface area contributed by atoms with Gasteiger partial charge in [0, 0.05) is 18.7 Å². The predicted molar refractivity (Wildman–Crippen MR) is 113 cm³/mol. The first-order chi connectivity index (χ1) is 13.8. The highest BCUT2D eigenvalue weighted by molar-refractivity contribution is 6.32. The Morgan fingerprint density at radius 3 is 2.72 bits per heavy atom. The van der Waals surface area contributed by atoms with Gasteiger partial charge in [-0.2, -0.15) is 0 Å². The largest absolute Gasteiger partial charge is 0.493 e. The van der Waals surface area contributed by atoms with E-state index in [1.165, 1.54) is 13.2 Å². The number of methoxy groups -OCH3 is 1. The third-order valence-electron chi connectivity index (χ3n) is 4.77. The van der Waals surface area contributed by atoms with Crippen molar-refractivity contribution >= 4 is 29.6 Å². The highest BCUT2D eigenvalue weighted by atomic mass is 35.5. The molecule has 0 spiro atoms. The van der Waals surface area contributed by atoms with Crippen molar-refractivity contribution in [3.05, 3.63) is 28.8 Å². The van der Waals surface area contributed by atoms with E-state index in [4.69, 9.17) is 25.8 Å². The maximum Gasteiger partial charge on any atom is 0.331 e. The van der Waals surface area contributed by atoms with E-state index in [1.807, 2.05) is 18.7 Å². The van der Waals surface area contributed by atoms with Crippen LogP contribution in [0.5, 0.6) is 11.5 Å². The van der Waals surface area contributed by atoms with E-state index in [2.05, 4.69) is 6.92 Å². The lowest BCUT2D eigenvalue weighted by Crippen LogP contribution is -2.45. The molecule has 1 aromatic rings. The molecule has 0 unspecified atom stereocenters. The zero-order valence-corrected chi connectivity index (χ0v) is 18.3. The monoisotopic (exact) mass is 423 g/mol. The van der Waals surface area contributed by atoms with E-state index in [-0.39, 0.29) is 24.7 Å². The summed E-state index contributed by atoms with van der Waals surface area (Å²) < 4.78 is 16.1. The van der Waals surface area contributed by atoms with Crippen LogP contribution < -0.4 is 9.47 Å². The van der Waals surface area contributed by atoms with Crippen molar-refractivity contribution in [2.45, 2.75) is 58.6 Å². The summed E-state index contributed by atoms with van der Waals surface area (Å²) >= 11 is 6.28. The van der Waals surface area contributed by atoms with Gasteiger partial charge in [0.05, 0.1) is 18.2 Å². The predicted octanol–water partition coefficient (Wildman–Crippen LogP) is 4.48. The number of likely N-dealkylation sites (tertiary alicyclic amines) is 1. The second-order valence-electron chi connectivity index (χ2n) is 7.29. The highest BCUT2D eigenvalue weighted by Crippen LogP contribution is 2.37. The van der Waals surface area contributed by atoms with Crippen LogP contribution in [-0.2, 0) is 14.3 Å². The van der Waals surface area contributed by atoms with Crippen LogP contribution in [-0.4, -0.2) is 49.2 Å². The zero-order chi connectivity index (χ0) is 21.4. The normalized spacial score (nSPS) is 16.9. The van der Waals surface area contributed by atoms with Crippen LogP contribution in [0.2, 0.25) is 5.02 Å². The third kappa shape index (κ3) is 6.67. The Morgan fingerprint density at radius 1 is 1.31 bits per heavy atom. The van der Waals surface area contributed by atoms with Crippen molar-refractivity contribution in [3.8, 4) is 11.5 Å². The van der Waals surface area contributed by atoms with E-state index in [9.17, 15) is 9.59 Å². The van der Waals surface area contributed by atoms with Gasteiger partial charge in [0.2, 0.25) is 0 Å².